The van der Waals surface area contributed by atoms with Crippen molar-refractivity contribution in [3.63, 3.8) is 0 Å². The highest BCUT2D eigenvalue weighted by atomic mass is 32.2. The average molecular weight is 232 g/mol. The normalized spacial score (nSPS) is 12.9. The minimum atomic E-state index is -0.360. The van der Waals surface area contributed by atoms with Crippen LogP contribution in [0.3, 0.4) is 0 Å². The minimum absolute atomic E-state index is 0.360. The molecule has 2 aromatic carbocycles. The Balaban J connectivity index is 2.40. The van der Waals surface area contributed by atoms with Gasteiger partial charge < -0.3 is 5.11 Å². The summed E-state index contributed by atoms with van der Waals surface area (Å²) in [5.74, 6) is 0.747. The van der Waals surface area contributed by atoms with E-state index in [1.807, 2.05) is 12.3 Å². The Hall–Kier alpha value is -0.990. The zero-order chi connectivity index (χ0) is 11.5. The fourth-order valence-corrected chi connectivity index (χ4v) is 2.35. The number of aryl methyl sites for hydroxylation is 1. The van der Waals surface area contributed by atoms with E-state index in [-0.39, 0.29) is 6.10 Å². The van der Waals surface area contributed by atoms with Crippen LogP contribution in [-0.2, 0) is 0 Å². The SMILES string of the molecule is CSCC(O)c1ccc2cc(C)ccc2c1. The first-order valence-corrected chi connectivity index (χ1v) is 6.77. The Kier molecular flexibility index (Phi) is 3.52. The summed E-state index contributed by atoms with van der Waals surface area (Å²) < 4.78 is 0. The van der Waals surface area contributed by atoms with Crippen molar-refractivity contribution in [2.75, 3.05) is 12.0 Å². The highest BCUT2D eigenvalue weighted by molar-refractivity contribution is 7.98. The quantitative estimate of drug-likeness (QED) is 0.873. The molecule has 16 heavy (non-hydrogen) atoms. The summed E-state index contributed by atoms with van der Waals surface area (Å²) in [5.41, 5.74) is 2.27. The number of fused-ring (bicyclic) bond motifs is 1. The molecule has 84 valence electrons. The van der Waals surface area contributed by atoms with Crippen LogP contribution in [0.15, 0.2) is 36.4 Å². The van der Waals surface area contributed by atoms with Gasteiger partial charge in [-0.05, 0) is 35.6 Å². The third-order valence-corrected chi connectivity index (χ3v) is 3.38. The van der Waals surface area contributed by atoms with Crippen molar-refractivity contribution < 1.29 is 5.11 Å². The summed E-state index contributed by atoms with van der Waals surface area (Å²) in [5, 5.41) is 12.3. The van der Waals surface area contributed by atoms with E-state index in [0.29, 0.717) is 0 Å². The van der Waals surface area contributed by atoms with Crippen molar-refractivity contribution in [1.29, 1.82) is 0 Å². The lowest BCUT2D eigenvalue weighted by Gasteiger charge is -2.10. The monoisotopic (exact) mass is 232 g/mol. The third kappa shape index (κ3) is 2.39. The lowest BCUT2D eigenvalue weighted by molar-refractivity contribution is 0.204. The van der Waals surface area contributed by atoms with Gasteiger partial charge in [0.1, 0.15) is 0 Å². The van der Waals surface area contributed by atoms with E-state index in [0.717, 1.165) is 11.3 Å². The lowest BCUT2D eigenvalue weighted by atomic mass is 10.0. The Morgan fingerprint density at radius 1 is 1.12 bits per heavy atom. The van der Waals surface area contributed by atoms with Gasteiger partial charge >= 0.3 is 0 Å². The van der Waals surface area contributed by atoms with Crippen LogP contribution >= 0.6 is 11.8 Å². The predicted molar refractivity (Wildman–Crippen MR) is 72.0 cm³/mol. The summed E-state index contributed by atoms with van der Waals surface area (Å²) in [4.78, 5) is 0. The van der Waals surface area contributed by atoms with Crippen LogP contribution in [0, 0.1) is 6.92 Å². The van der Waals surface area contributed by atoms with Gasteiger partial charge in [-0.1, -0.05) is 35.9 Å². The number of hydrogen-bond donors (Lipinski definition) is 1. The summed E-state index contributed by atoms with van der Waals surface area (Å²) in [7, 11) is 0. The van der Waals surface area contributed by atoms with E-state index in [1.54, 1.807) is 11.8 Å². The molecule has 0 aliphatic heterocycles. The predicted octanol–water partition coefficient (Wildman–Crippen LogP) is 3.54. The fourth-order valence-electron chi connectivity index (χ4n) is 1.84. The van der Waals surface area contributed by atoms with Crippen LogP contribution in [0.4, 0.5) is 0 Å². The maximum atomic E-state index is 9.91. The van der Waals surface area contributed by atoms with Crippen LogP contribution in [0.1, 0.15) is 17.2 Å². The summed E-state index contributed by atoms with van der Waals surface area (Å²) in [6, 6.07) is 12.6. The molecule has 0 aliphatic carbocycles. The summed E-state index contributed by atoms with van der Waals surface area (Å²) in [6.07, 6.45) is 1.65. The van der Waals surface area contributed by atoms with Gasteiger partial charge in [0.2, 0.25) is 0 Å². The second kappa shape index (κ2) is 4.89. The molecule has 1 nitrogen and oxygen atoms in total. The molecule has 0 amide bonds. The van der Waals surface area contributed by atoms with E-state index >= 15 is 0 Å². The lowest BCUT2D eigenvalue weighted by Crippen LogP contribution is -1.99. The highest BCUT2D eigenvalue weighted by Gasteiger charge is 2.06. The zero-order valence-electron chi connectivity index (χ0n) is 9.60. The minimum Gasteiger partial charge on any atom is -0.388 e. The fraction of sp³-hybridized carbons (Fsp3) is 0.286. The van der Waals surface area contributed by atoms with E-state index < -0.39 is 0 Å². The molecule has 0 aromatic heterocycles. The van der Waals surface area contributed by atoms with Crippen molar-refractivity contribution in [2.24, 2.45) is 0 Å². The van der Waals surface area contributed by atoms with Crippen LogP contribution in [-0.4, -0.2) is 17.1 Å². The van der Waals surface area contributed by atoms with Gasteiger partial charge in [0.25, 0.3) is 0 Å². The van der Waals surface area contributed by atoms with Crippen LogP contribution < -0.4 is 0 Å². The van der Waals surface area contributed by atoms with Crippen LogP contribution in [0.25, 0.3) is 10.8 Å². The largest absolute Gasteiger partial charge is 0.388 e. The maximum Gasteiger partial charge on any atom is 0.0880 e. The topological polar surface area (TPSA) is 20.2 Å². The molecule has 2 heteroatoms. The van der Waals surface area contributed by atoms with Gasteiger partial charge in [-0.25, -0.2) is 0 Å². The number of benzene rings is 2. The molecule has 2 aromatic rings. The van der Waals surface area contributed by atoms with Gasteiger partial charge in [0.05, 0.1) is 6.10 Å². The van der Waals surface area contributed by atoms with Crippen molar-refractivity contribution in [2.45, 2.75) is 13.0 Å². The molecule has 2 rings (SSSR count). The Labute approximate surface area is 100 Å². The van der Waals surface area contributed by atoms with Gasteiger partial charge in [-0.3, -0.25) is 0 Å². The maximum absolute atomic E-state index is 9.91. The Bertz CT molecular complexity index is 493. The first-order chi connectivity index (χ1) is 7.70. The summed E-state index contributed by atoms with van der Waals surface area (Å²) >= 11 is 1.66. The van der Waals surface area contributed by atoms with Crippen molar-refractivity contribution >= 4 is 22.5 Å². The molecule has 0 bridgehead atoms. The summed E-state index contributed by atoms with van der Waals surface area (Å²) in [6.45, 7) is 2.09. The van der Waals surface area contributed by atoms with Crippen LogP contribution in [0.5, 0.6) is 0 Å². The molecule has 0 heterocycles. The molecule has 1 atom stereocenters. The van der Waals surface area contributed by atoms with Gasteiger partial charge in [0.15, 0.2) is 0 Å². The number of hydrogen-bond acceptors (Lipinski definition) is 2. The molecule has 1 N–H and O–H groups in total. The van der Waals surface area contributed by atoms with E-state index in [4.69, 9.17) is 0 Å². The smallest absolute Gasteiger partial charge is 0.0880 e. The Morgan fingerprint density at radius 2 is 1.81 bits per heavy atom. The van der Waals surface area contributed by atoms with Crippen molar-refractivity contribution in [3.8, 4) is 0 Å². The molecule has 0 saturated heterocycles. The standard InChI is InChI=1S/C14H16OS/c1-10-3-4-12-8-13(14(15)9-16-2)6-5-11(12)7-10/h3-8,14-15H,9H2,1-2H3. The molecular weight excluding hydrogens is 216 g/mol. The van der Waals surface area contributed by atoms with E-state index in [9.17, 15) is 5.11 Å². The molecule has 0 radical (unpaired) electrons. The highest BCUT2D eigenvalue weighted by Crippen LogP contribution is 2.23. The Morgan fingerprint density at radius 3 is 2.56 bits per heavy atom. The van der Waals surface area contributed by atoms with Crippen molar-refractivity contribution in [1.82, 2.24) is 0 Å². The molecule has 0 fully saturated rings. The van der Waals surface area contributed by atoms with Gasteiger partial charge in [-0.2, -0.15) is 11.8 Å². The number of rotatable bonds is 3. The van der Waals surface area contributed by atoms with Gasteiger partial charge in [0, 0.05) is 5.75 Å². The number of aliphatic hydroxyl groups excluding tert-OH is 1. The second-order valence-corrected chi connectivity index (χ2v) is 4.99. The second-order valence-electron chi connectivity index (χ2n) is 4.08. The van der Waals surface area contributed by atoms with Crippen molar-refractivity contribution in [3.05, 3.63) is 47.5 Å². The third-order valence-electron chi connectivity index (χ3n) is 2.73. The molecular formula is C14H16OS. The molecule has 0 saturated carbocycles. The number of thioether (sulfide) groups is 1. The first-order valence-electron chi connectivity index (χ1n) is 5.38. The van der Waals surface area contributed by atoms with Gasteiger partial charge in [-0.15, -0.1) is 0 Å². The first kappa shape index (κ1) is 11.5. The molecule has 0 aliphatic rings. The van der Waals surface area contributed by atoms with Crippen LogP contribution in [0.2, 0.25) is 0 Å². The number of aliphatic hydroxyl groups is 1. The average Bonchev–Trinajstić information content (AvgIpc) is 2.28. The zero-order valence-corrected chi connectivity index (χ0v) is 10.4. The van der Waals surface area contributed by atoms with E-state index in [1.165, 1.54) is 16.3 Å². The molecule has 1 unspecified atom stereocenters. The van der Waals surface area contributed by atoms with E-state index in [2.05, 4.69) is 37.3 Å². The molecule has 0 spiro atoms.